The second-order valence-corrected chi connectivity index (χ2v) is 15.8. The summed E-state index contributed by atoms with van der Waals surface area (Å²) in [5.74, 6) is -3.30. The van der Waals surface area contributed by atoms with Crippen molar-refractivity contribution >= 4 is 47.4 Å². The van der Waals surface area contributed by atoms with E-state index in [4.69, 9.17) is 17.2 Å². The molecule has 0 aromatic rings. The molecule has 0 radical (unpaired) electrons. The molecule has 1 aliphatic heterocycles. The number of nitrogens with two attached hydrogens (primary N) is 3. The van der Waals surface area contributed by atoms with E-state index in [1.165, 1.54) is 6.92 Å². The number of carbonyl (C=O) groups excluding carboxylic acids is 6. The third-order valence-corrected chi connectivity index (χ3v) is 9.35. The van der Waals surface area contributed by atoms with Crippen LogP contribution in [0.3, 0.4) is 0 Å². The van der Waals surface area contributed by atoms with Gasteiger partial charge in [-0.2, -0.15) is 0 Å². The molecule has 1 aliphatic rings. The van der Waals surface area contributed by atoms with Crippen LogP contribution >= 0.6 is 0 Å². The lowest BCUT2D eigenvalue weighted by molar-refractivity contribution is -0.138. The number of amides is 6. The summed E-state index contributed by atoms with van der Waals surface area (Å²) in [5.41, 5.74) is 16.5. The molecule has 18 nitrogen and oxygen atoms in total. The number of carboxylic acids is 1. The molecular formula is C39H70N10O8. The monoisotopic (exact) mass is 807 g/mol. The Kier molecular flexibility index (Phi) is 24.5. The quantitative estimate of drug-likeness (QED) is 0.0351. The van der Waals surface area contributed by atoms with E-state index in [9.17, 15) is 38.7 Å². The van der Waals surface area contributed by atoms with Crippen LogP contribution in [0.1, 0.15) is 125 Å². The van der Waals surface area contributed by atoms with E-state index in [-0.39, 0.29) is 92.8 Å². The van der Waals surface area contributed by atoms with Crippen LogP contribution in [-0.4, -0.2) is 102 Å². The van der Waals surface area contributed by atoms with E-state index in [1.807, 2.05) is 27.7 Å². The number of aliphatic imine (C=N–C) groups is 1. The molecule has 0 fully saturated rings. The Morgan fingerprint density at radius 3 is 2.09 bits per heavy atom. The van der Waals surface area contributed by atoms with Gasteiger partial charge in [0, 0.05) is 81.8 Å². The highest BCUT2D eigenvalue weighted by Crippen LogP contribution is 2.14. The van der Waals surface area contributed by atoms with Crippen LogP contribution in [0.4, 0.5) is 0 Å². The number of unbranched alkanes of at least 4 members (excludes halogenated alkanes) is 1. The zero-order chi connectivity index (χ0) is 42.9. The molecule has 2 unspecified atom stereocenters. The summed E-state index contributed by atoms with van der Waals surface area (Å²) in [4.78, 5) is 94.2. The van der Waals surface area contributed by atoms with Gasteiger partial charge in [0.25, 0.3) is 0 Å². The van der Waals surface area contributed by atoms with Crippen molar-refractivity contribution in [1.82, 2.24) is 31.9 Å². The van der Waals surface area contributed by atoms with E-state index in [0.717, 1.165) is 0 Å². The minimum Gasteiger partial charge on any atom is -0.481 e. The summed E-state index contributed by atoms with van der Waals surface area (Å²) in [6.45, 7) is 9.75. The first-order chi connectivity index (χ1) is 26.9. The summed E-state index contributed by atoms with van der Waals surface area (Å²) in [6.07, 6.45) is 6.57. The topological polar surface area (TPSA) is 302 Å². The van der Waals surface area contributed by atoms with Crippen molar-refractivity contribution in [3.8, 4) is 0 Å². The fourth-order valence-corrected chi connectivity index (χ4v) is 6.66. The first-order valence-corrected chi connectivity index (χ1v) is 20.2. The summed E-state index contributed by atoms with van der Waals surface area (Å²) in [7, 11) is 0. The van der Waals surface area contributed by atoms with Gasteiger partial charge in [0.1, 0.15) is 0 Å². The van der Waals surface area contributed by atoms with Gasteiger partial charge in [-0.25, -0.2) is 0 Å². The van der Waals surface area contributed by atoms with Crippen LogP contribution in [0.25, 0.3) is 0 Å². The van der Waals surface area contributed by atoms with Gasteiger partial charge in [-0.05, 0) is 63.3 Å². The molecule has 0 bridgehead atoms. The van der Waals surface area contributed by atoms with Crippen LogP contribution in [0, 0.1) is 11.8 Å². The predicted molar refractivity (Wildman–Crippen MR) is 218 cm³/mol. The van der Waals surface area contributed by atoms with Gasteiger partial charge < -0.3 is 54.2 Å². The SMILES string of the molecule is CC(=O)N[C@@H](CCCN=C(N)N)CC(=O)NC1C/C=C/CC(CC(=O)N[C@@H](CC(=O)O)CC(C)C)NC(=O)C[C@H](CCCCN)NC(=O)C[C@H](C(C)C)NC(=O)C1. The summed E-state index contributed by atoms with van der Waals surface area (Å²) in [5, 5.41) is 26.8. The van der Waals surface area contributed by atoms with Gasteiger partial charge in [0.15, 0.2) is 5.96 Å². The second kappa shape index (κ2) is 27.8. The molecule has 324 valence electrons. The molecule has 0 aliphatic carbocycles. The Morgan fingerprint density at radius 1 is 0.825 bits per heavy atom. The maximum atomic E-state index is 13.5. The molecule has 0 aromatic carbocycles. The van der Waals surface area contributed by atoms with Gasteiger partial charge in [0.05, 0.1) is 6.42 Å². The standard InChI is InChI=1S/C39H70N10O8/c1-24(2)17-31(22-38(56)57)48-35(53)20-28-11-6-7-12-29(46-33(51)18-27(44-26(5)50)14-10-16-43-39(41)42)21-36(54)49-32(25(3)4)23-37(55)47-30(13-8-9-15-40)19-34(52)45-28/h6-7,24-25,27-32H,8-23,40H2,1-5H3,(H,44,50)(H,45,52)(H,46,51)(H,47,55)(H,48,53)(H,49,54)(H,56,57)(H4,41,42,43)/b7-6+/t27-,28?,29?,30-,31+,32+/m0/s1. The third kappa shape index (κ3) is 25.2. The van der Waals surface area contributed by atoms with E-state index in [1.54, 1.807) is 12.2 Å². The van der Waals surface area contributed by atoms with Crippen LogP contribution in [-0.2, 0) is 33.6 Å². The number of guanidine groups is 1. The Balaban J connectivity index is 3.38. The van der Waals surface area contributed by atoms with Gasteiger partial charge in [-0.1, -0.05) is 46.3 Å². The molecule has 6 amide bonds. The van der Waals surface area contributed by atoms with Gasteiger partial charge in [-0.3, -0.25) is 38.6 Å². The fourth-order valence-electron chi connectivity index (χ4n) is 6.66. The van der Waals surface area contributed by atoms with Crippen molar-refractivity contribution in [2.45, 2.75) is 161 Å². The molecule has 6 atom stereocenters. The smallest absolute Gasteiger partial charge is 0.305 e. The second-order valence-electron chi connectivity index (χ2n) is 15.8. The maximum Gasteiger partial charge on any atom is 0.305 e. The van der Waals surface area contributed by atoms with Crippen molar-refractivity contribution in [3.63, 3.8) is 0 Å². The highest BCUT2D eigenvalue weighted by atomic mass is 16.4. The summed E-state index contributed by atoms with van der Waals surface area (Å²) >= 11 is 0. The summed E-state index contributed by atoms with van der Waals surface area (Å²) in [6, 6.07) is -3.52. The molecule has 0 spiro atoms. The van der Waals surface area contributed by atoms with Crippen LogP contribution < -0.4 is 49.1 Å². The molecule has 0 saturated heterocycles. The lowest BCUT2D eigenvalue weighted by Crippen LogP contribution is -2.47. The Hall–Kier alpha value is -4.74. The Bertz CT molecular complexity index is 1370. The third-order valence-electron chi connectivity index (χ3n) is 9.35. The van der Waals surface area contributed by atoms with Crippen molar-refractivity contribution in [2.24, 2.45) is 34.0 Å². The average molecular weight is 807 g/mol. The predicted octanol–water partition coefficient (Wildman–Crippen LogP) is 0.575. The zero-order valence-electron chi connectivity index (χ0n) is 34.6. The highest BCUT2D eigenvalue weighted by molar-refractivity contribution is 5.84. The molecule has 13 N–H and O–H groups in total. The van der Waals surface area contributed by atoms with E-state index in [0.29, 0.717) is 51.6 Å². The average Bonchev–Trinajstić information content (AvgIpc) is 3.06. The number of nitrogens with zero attached hydrogens (tertiary/aromatic N) is 1. The van der Waals surface area contributed by atoms with Crippen molar-refractivity contribution in [3.05, 3.63) is 12.2 Å². The van der Waals surface area contributed by atoms with Gasteiger partial charge in [0.2, 0.25) is 35.4 Å². The van der Waals surface area contributed by atoms with Crippen LogP contribution in [0.5, 0.6) is 0 Å². The molecular weight excluding hydrogens is 736 g/mol. The van der Waals surface area contributed by atoms with Crippen LogP contribution in [0.2, 0.25) is 0 Å². The molecule has 0 saturated carbocycles. The summed E-state index contributed by atoms with van der Waals surface area (Å²) < 4.78 is 0. The highest BCUT2D eigenvalue weighted by Gasteiger charge is 2.27. The van der Waals surface area contributed by atoms with Crippen molar-refractivity contribution < 1.29 is 38.7 Å². The Labute approximate surface area is 337 Å². The number of hydrogen-bond acceptors (Lipinski definition) is 9. The molecule has 18 heteroatoms. The maximum absolute atomic E-state index is 13.5. The normalized spacial score (nSPS) is 21.5. The number of carboxylic acid groups (broad SMARTS) is 1. The number of nitrogens with one attached hydrogen (secondary N) is 6. The fraction of sp³-hybridized carbons (Fsp3) is 0.744. The van der Waals surface area contributed by atoms with Crippen molar-refractivity contribution in [1.29, 1.82) is 0 Å². The van der Waals surface area contributed by atoms with Crippen LogP contribution in [0.15, 0.2) is 17.1 Å². The minimum atomic E-state index is -1.04. The largest absolute Gasteiger partial charge is 0.481 e. The molecule has 57 heavy (non-hydrogen) atoms. The van der Waals surface area contributed by atoms with E-state index in [2.05, 4.69) is 36.9 Å². The van der Waals surface area contributed by atoms with Gasteiger partial charge >= 0.3 is 5.97 Å². The number of rotatable bonds is 20. The molecule has 1 rings (SSSR count). The first kappa shape index (κ1) is 50.3. The Morgan fingerprint density at radius 2 is 1.47 bits per heavy atom. The molecule has 0 aromatic heterocycles. The van der Waals surface area contributed by atoms with Crippen molar-refractivity contribution in [2.75, 3.05) is 13.1 Å². The van der Waals surface area contributed by atoms with Gasteiger partial charge in [-0.15, -0.1) is 0 Å². The number of carbonyl (C=O) groups is 7. The zero-order valence-corrected chi connectivity index (χ0v) is 34.6. The number of aliphatic carboxylic acids is 1. The first-order valence-electron chi connectivity index (χ1n) is 20.2. The van der Waals surface area contributed by atoms with E-state index < -0.39 is 54.0 Å². The minimum absolute atomic E-state index is 0.0374. The lowest BCUT2D eigenvalue weighted by Gasteiger charge is -2.26. The number of hydrogen-bond donors (Lipinski definition) is 10. The van der Waals surface area contributed by atoms with E-state index >= 15 is 0 Å². The molecule has 1 heterocycles. The lowest BCUT2D eigenvalue weighted by atomic mass is 9.98.